The molecule has 1 aliphatic heterocycles. The van der Waals surface area contributed by atoms with Crippen LogP contribution in [0.5, 0.6) is 5.75 Å². The molecule has 10 heteroatoms. The van der Waals surface area contributed by atoms with Crippen molar-refractivity contribution in [2.75, 3.05) is 19.7 Å². The highest BCUT2D eigenvalue weighted by Gasteiger charge is 2.17. The second-order valence-corrected chi connectivity index (χ2v) is 7.99. The number of non-ortho nitro benzene ring substituents is 1. The Labute approximate surface area is 161 Å². The zero-order valence-electron chi connectivity index (χ0n) is 14.9. The van der Waals surface area contributed by atoms with Gasteiger partial charge in [0.1, 0.15) is 5.75 Å². The van der Waals surface area contributed by atoms with Gasteiger partial charge in [0, 0.05) is 31.6 Å². The number of hydrogen-bond acceptors (Lipinski definition) is 6. The monoisotopic (exact) mass is 405 g/mol. The lowest BCUT2D eigenvalue weighted by Gasteiger charge is -2.09. The van der Waals surface area contributed by atoms with E-state index in [-0.39, 0.29) is 36.0 Å². The minimum absolute atomic E-state index is 0.0329. The Kier molecular flexibility index (Phi) is 5.90. The van der Waals surface area contributed by atoms with Gasteiger partial charge in [0.15, 0.2) is 0 Å². The number of nitrogens with one attached hydrogen (secondary N) is 2. The first kappa shape index (κ1) is 19.8. The summed E-state index contributed by atoms with van der Waals surface area (Å²) in [6.45, 7) is 0.714. The van der Waals surface area contributed by atoms with Gasteiger partial charge in [-0.25, -0.2) is 13.1 Å². The lowest BCUT2D eigenvalue weighted by molar-refractivity contribution is -0.385. The molecule has 2 aromatic carbocycles. The largest absolute Gasteiger partial charge is 0.493 e. The maximum Gasteiger partial charge on any atom is 0.270 e. The van der Waals surface area contributed by atoms with Gasteiger partial charge in [-0.1, -0.05) is 18.2 Å². The summed E-state index contributed by atoms with van der Waals surface area (Å²) in [5.74, 6) is 0.619. The second-order valence-electron chi connectivity index (χ2n) is 6.22. The van der Waals surface area contributed by atoms with Crippen molar-refractivity contribution < 1.29 is 22.9 Å². The van der Waals surface area contributed by atoms with Gasteiger partial charge in [0.05, 0.1) is 22.8 Å². The average Bonchev–Trinajstić information content (AvgIpc) is 3.13. The molecule has 0 aliphatic carbocycles. The number of carbonyl (C=O) groups excluding carboxylic acids is 1. The molecule has 0 fully saturated rings. The van der Waals surface area contributed by atoms with Crippen LogP contribution in [0, 0.1) is 10.1 Å². The quantitative estimate of drug-likeness (QED) is 0.385. The van der Waals surface area contributed by atoms with E-state index in [9.17, 15) is 23.3 Å². The van der Waals surface area contributed by atoms with Crippen molar-refractivity contribution in [2.24, 2.45) is 0 Å². The molecule has 2 aromatic rings. The Morgan fingerprint density at radius 2 is 2.00 bits per heavy atom. The molecule has 0 aromatic heterocycles. The van der Waals surface area contributed by atoms with E-state index in [0.717, 1.165) is 29.4 Å². The van der Waals surface area contributed by atoms with Crippen LogP contribution in [-0.2, 0) is 27.7 Å². The number of ether oxygens (including phenoxy) is 1. The fourth-order valence-electron chi connectivity index (χ4n) is 2.83. The first-order valence-electron chi connectivity index (χ1n) is 8.60. The maximum absolute atomic E-state index is 12.2. The fraction of sp³-hybridized carbons (Fsp3) is 0.278. The third-order valence-electron chi connectivity index (χ3n) is 4.20. The van der Waals surface area contributed by atoms with E-state index in [2.05, 4.69) is 10.0 Å². The predicted molar refractivity (Wildman–Crippen MR) is 101 cm³/mol. The summed E-state index contributed by atoms with van der Waals surface area (Å²) in [6.07, 6.45) is 1.01. The lowest BCUT2D eigenvalue weighted by atomic mass is 10.1. The van der Waals surface area contributed by atoms with Crippen LogP contribution in [0.1, 0.15) is 11.1 Å². The normalized spacial score (nSPS) is 12.9. The van der Waals surface area contributed by atoms with Crippen molar-refractivity contribution in [3.8, 4) is 5.75 Å². The van der Waals surface area contributed by atoms with Crippen LogP contribution >= 0.6 is 0 Å². The van der Waals surface area contributed by atoms with Crippen LogP contribution in [0.4, 0.5) is 5.69 Å². The number of rotatable bonds is 8. The third kappa shape index (κ3) is 4.84. The third-order valence-corrected chi connectivity index (χ3v) is 5.66. The number of carbonyl (C=O) groups is 1. The highest BCUT2D eigenvalue weighted by Crippen LogP contribution is 2.26. The number of fused-ring (bicyclic) bond motifs is 1. The van der Waals surface area contributed by atoms with Crippen molar-refractivity contribution in [2.45, 2.75) is 17.7 Å². The van der Waals surface area contributed by atoms with Crippen LogP contribution in [0.25, 0.3) is 0 Å². The average molecular weight is 405 g/mol. The van der Waals surface area contributed by atoms with Gasteiger partial charge < -0.3 is 10.1 Å². The number of sulfonamides is 1. The number of nitro groups is 1. The van der Waals surface area contributed by atoms with Crippen molar-refractivity contribution in [1.82, 2.24) is 10.0 Å². The smallest absolute Gasteiger partial charge is 0.270 e. The molecule has 148 valence electrons. The van der Waals surface area contributed by atoms with Gasteiger partial charge in [0.25, 0.3) is 5.69 Å². The topological polar surface area (TPSA) is 128 Å². The molecule has 3 rings (SSSR count). The molecule has 0 bridgehead atoms. The van der Waals surface area contributed by atoms with Gasteiger partial charge in [-0.05, 0) is 23.3 Å². The van der Waals surface area contributed by atoms with E-state index >= 15 is 0 Å². The molecular formula is C18H19N3O6S. The number of hydrogen-bond donors (Lipinski definition) is 2. The highest BCUT2D eigenvalue weighted by molar-refractivity contribution is 7.89. The van der Waals surface area contributed by atoms with E-state index in [1.165, 1.54) is 18.2 Å². The molecule has 0 saturated carbocycles. The van der Waals surface area contributed by atoms with Gasteiger partial charge in [-0.15, -0.1) is 0 Å². The summed E-state index contributed by atoms with van der Waals surface area (Å²) in [5, 5.41) is 13.4. The summed E-state index contributed by atoms with van der Waals surface area (Å²) >= 11 is 0. The predicted octanol–water partition coefficient (Wildman–Crippen LogP) is 1.17. The molecule has 1 amide bonds. The van der Waals surface area contributed by atoms with Gasteiger partial charge >= 0.3 is 0 Å². The molecule has 1 heterocycles. The van der Waals surface area contributed by atoms with E-state index in [4.69, 9.17) is 4.74 Å². The van der Waals surface area contributed by atoms with E-state index in [0.29, 0.717) is 6.61 Å². The van der Waals surface area contributed by atoms with Crippen molar-refractivity contribution in [3.05, 3.63) is 63.7 Å². The van der Waals surface area contributed by atoms with Crippen molar-refractivity contribution in [3.63, 3.8) is 0 Å². The zero-order valence-corrected chi connectivity index (χ0v) is 15.7. The molecule has 0 spiro atoms. The molecule has 2 N–H and O–H groups in total. The van der Waals surface area contributed by atoms with Crippen LogP contribution in [0.2, 0.25) is 0 Å². The van der Waals surface area contributed by atoms with E-state index < -0.39 is 14.9 Å². The number of amides is 1. The van der Waals surface area contributed by atoms with Crippen molar-refractivity contribution >= 4 is 21.6 Å². The summed E-state index contributed by atoms with van der Waals surface area (Å²) in [6, 6.07) is 10.4. The molecule has 0 saturated heterocycles. The Hall–Kier alpha value is -2.98. The molecule has 0 unspecified atom stereocenters. The van der Waals surface area contributed by atoms with Crippen LogP contribution in [0.3, 0.4) is 0 Å². The van der Waals surface area contributed by atoms with Gasteiger partial charge in [-0.2, -0.15) is 0 Å². The first-order valence-corrected chi connectivity index (χ1v) is 10.1. The number of nitro benzene ring substituents is 1. The van der Waals surface area contributed by atoms with E-state index in [1.54, 1.807) is 0 Å². The SMILES string of the molecule is O=C(Cc1ccc2c(c1)CCO2)NCCNS(=O)(=O)c1cccc([N+](=O)[O-])c1. The van der Waals surface area contributed by atoms with Crippen LogP contribution < -0.4 is 14.8 Å². The van der Waals surface area contributed by atoms with Crippen molar-refractivity contribution in [1.29, 1.82) is 0 Å². The Morgan fingerprint density at radius 3 is 2.79 bits per heavy atom. The summed E-state index contributed by atoms with van der Waals surface area (Å²) in [5.41, 5.74) is 1.63. The van der Waals surface area contributed by atoms with Crippen LogP contribution in [-0.4, -0.2) is 38.9 Å². The zero-order chi connectivity index (χ0) is 20.1. The number of nitrogens with zero attached hydrogens (tertiary/aromatic N) is 1. The number of benzene rings is 2. The minimum Gasteiger partial charge on any atom is -0.493 e. The Bertz CT molecular complexity index is 1010. The fourth-order valence-corrected chi connectivity index (χ4v) is 3.90. The first-order chi connectivity index (χ1) is 13.3. The standard InChI is InChI=1S/C18H19N3O6S/c22-18(11-13-4-5-17-14(10-13)6-9-27-17)19-7-8-20-28(25,26)16-3-1-2-15(12-16)21(23)24/h1-5,10,12,20H,6-9,11H2,(H,19,22). The molecular weight excluding hydrogens is 386 g/mol. The maximum atomic E-state index is 12.2. The van der Waals surface area contributed by atoms with Gasteiger partial charge in [-0.3, -0.25) is 14.9 Å². The molecule has 0 atom stereocenters. The Morgan fingerprint density at radius 1 is 1.18 bits per heavy atom. The Balaban J connectivity index is 1.47. The highest BCUT2D eigenvalue weighted by atomic mass is 32.2. The second kappa shape index (κ2) is 8.36. The molecule has 28 heavy (non-hydrogen) atoms. The van der Waals surface area contributed by atoms with E-state index in [1.807, 2.05) is 18.2 Å². The van der Waals surface area contributed by atoms with Gasteiger partial charge in [0.2, 0.25) is 15.9 Å². The summed E-state index contributed by atoms with van der Waals surface area (Å²) in [7, 11) is -3.90. The minimum atomic E-state index is -3.90. The van der Waals surface area contributed by atoms with Crippen LogP contribution in [0.15, 0.2) is 47.4 Å². The molecule has 1 aliphatic rings. The molecule has 9 nitrogen and oxygen atoms in total. The lowest BCUT2D eigenvalue weighted by Crippen LogP contribution is -2.35. The summed E-state index contributed by atoms with van der Waals surface area (Å²) < 4.78 is 32.1. The molecule has 0 radical (unpaired) electrons. The summed E-state index contributed by atoms with van der Waals surface area (Å²) in [4.78, 5) is 21.9.